The van der Waals surface area contributed by atoms with Gasteiger partial charge >= 0.3 is 0 Å². The third kappa shape index (κ3) is 4.56. The van der Waals surface area contributed by atoms with Crippen LogP contribution in [0.5, 0.6) is 0 Å². The maximum absolute atomic E-state index is 12.0. The first-order valence-corrected chi connectivity index (χ1v) is 7.31. The summed E-state index contributed by atoms with van der Waals surface area (Å²) < 4.78 is 0. The Morgan fingerprint density at radius 3 is 2.62 bits per heavy atom. The number of hydrogen-bond acceptors (Lipinski definition) is 3. The van der Waals surface area contributed by atoms with Crippen molar-refractivity contribution in [2.75, 3.05) is 19.6 Å². The van der Waals surface area contributed by atoms with Crippen LogP contribution in [0.4, 0.5) is 0 Å². The van der Waals surface area contributed by atoms with E-state index in [2.05, 4.69) is 0 Å². The largest absolute Gasteiger partial charge is 0.391 e. The first kappa shape index (κ1) is 15.5. The molecule has 0 aromatic heterocycles. The van der Waals surface area contributed by atoms with E-state index in [1.807, 2.05) is 30.3 Å². The number of carbonyl (C=O) groups is 2. The van der Waals surface area contributed by atoms with Crippen molar-refractivity contribution in [2.45, 2.75) is 32.4 Å². The average molecular weight is 290 g/mol. The molecular formula is C16H22N2O3. The van der Waals surface area contributed by atoms with Gasteiger partial charge in [0.2, 0.25) is 11.8 Å². The molecule has 5 heteroatoms. The third-order valence-electron chi connectivity index (χ3n) is 3.77. The van der Waals surface area contributed by atoms with E-state index >= 15 is 0 Å². The van der Waals surface area contributed by atoms with Crippen LogP contribution >= 0.6 is 0 Å². The smallest absolute Gasteiger partial charge is 0.224 e. The molecule has 1 aliphatic rings. The maximum Gasteiger partial charge on any atom is 0.224 e. The van der Waals surface area contributed by atoms with Crippen LogP contribution in [0.15, 0.2) is 30.3 Å². The molecule has 1 aromatic carbocycles. The number of amides is 2. The summed E-state index contributed by atoms with van der Waals surface area (Å²) in [5.41, 5.74) is 1.05. The lowest BCUT2D eigenvalue weighted by Gasteiger charge is -2.23. The van der Waals surface area contributed by atoms with Gasteiger partial charge in [0, 0.05) is 39.5 Å². The fourth-order valence-corrected chi connectivity index (χ4v) is 2.51. The lowest BCUT2D eigenvalue weighted by atomic mass is 10.2. The quantitative estimate of drug-likeness (QED) is 0.880. The minimum atomic E-state index is -0.401. The molecule has 0 spiro atoms. The van der Waals surface area contributed by atoms with E-state index in [9.17, 15) is 14.7 Å². The fraction of sp³-hybridized carbons (Fsp3) is 0.500. The molecule has 1 fully saturated rings. The highest BCUT2D eigenvalue weighted by atomic mass is 16.3. The Hall–Kier alpha value is -1.88. The number of rotatable bonds is 5. The number of likely N-dealkylation sites (tertiary alicyclic amines) is 1. The van der Waals surface area contributed by atoms with Crippen LogP contribution in [-0.2, 0) is 16.1 Å². The van der Waals surface area contributed by atoms with Crippen molar-refractivity contribution >= 4 is 11.8 Å². The van der Waals surface area contributed by atoms with Crippen LogP contribution < -0.4 is 0 Å². The molecule has 1 atom stereocenters. The molecule has 0 radical (unpaired) electrons. The van der Waals surface area contributed by atoms with Crippen molar-refractivity contribution in [1.29, 1.82) is 0 Å². The lowest BCUT2D eigenvalue weighted by molar-refractivity contribution is -0.133. The number of β-amino-alcohol motifs (C(OH)–C–C–N with tert-alkyl or cyclic N) is 1. The van der Waals surface area contributed by atoms with E-state index in [1.165, 1.54) is 6.92 Å². The third-order valence-corrected chi connectivity index (χ3v) is 3.77. The molecule has 114 valence electrons. The second-order valence-corrected chi connectivity index (χ2v) is 5.46. The van der Waals surface area contributed by atoms with Crippen LogP contribution in [0.1, 0.15) is 25.3 Å². The lowest BCUT2D eigenvalue weighted by Crippen LogP contribution is -2.35. The van der Waals surface area contributed by atoms with Crippen molar-refractivity contribution < 1.29 is 14.7 Å². The zero-order valence-electron chi connectivity index (χ0n) is 12.4. The Bertz CT molecular complexity index is 490. The van der Waals surface area contributed by atoms with Gasteiger partial charge in [-0.15, -0.1) is 0 Å². The minimum absolute atomic E-state index is 0.00543. The molecule has 1 aromatic rings. The van der Waals surface area contributed by atoms with E-state index in [4.69, 9.17) is 0 Å². The highest BCUT2D eigenvalue weighted by Gasteiger charge is 2.24. The van der Waals surface area contributed by atoms with E-state index in [1.54, 1.807) is 9.80 Å². The fourth-order valence-electron chi connectivity index (χ4n) is 2.51. The molecule has 21 heavy (non-hydrogen) atoms. The first-order valence-electron chi connectivity index (χ1n) is 7.31. The summed E-state index contributed by atoms with van der Waals surface area (Å²) in [6.07, 6.45) is 0.549. The molecule has 0 saturated carbocycles. The standard InChI is InChI=1S/C16H22N2O3/c1-13(19)17(11-14-5-3-2-4-6-14)10-8-16(21)18-9-7-15(20)12-18/h2-6,15,20H,7-12H2,1H3/t15-/m1/s1. The Morgan fingerprint density at radius 1 is 1.33 bits per heavy atom. The zero-order valence-corrected chi connectivity index (χ0v) is 12.4. The molecule has 1 saturated heterocycles. The molecule has 1 heterocycles. The topological polar surface area (TPSA) is 60.9 Å². The summed E-state index contributed by atoms with van der Waals surface area (Å²) in [4.78, 5) is 27.1. The van der Waals surface area contributed by atoms with Crippen molar-refractivity contribution in [1.82, 2.24) is 9.80 Å². The normalized spacial score (nSPS) is 17.8. The number of benzene rings is 1. The Morgan fingerprint density at radius 2 is 2.05 bits per heavy atom. The van der Waals surface area contributed by atoms with Gasteiger partial charge < -0.3 is 14.9 Å². The molecule has 0 aliphatic carbocycles. The summed E-state index contributed by atoms with van der Waals surface area (Å²) in [5.74, 6) is -0.0287. The molecule has 1 N–H and O–H groups in total. The summed E-state index contributed by atoms with van der Waals surface area (Å²) in [6.45, 7) is 3.48. The zero-order chi connectivity index (χ0) is 15.2. The van der Waals surface area contributed by atoms with Gasteiger partial charge in [-0.25, -0.2) is 0 Å². The van der Waals surface area contributed by atoms with Gasteiger partial charge in [0.05, 0.1) is 6.10 Å². The summed E-state index contributed by atoms with van der Waals surface area (Å²) >= 11 is 0. The maximum atomic E-state index is 12.0. The van der Waals surface area contributed by atoms with Crippen LogP contribution in [0.3, 0.4) is 0 Å². The van der Waals surface area contributed by atoms with Crippen molar-refractivity contribution in [3.8, 4) is 0 Å². The summed E-state index contributed by atoms with van der Waals surface area (Å²) in [6, 6.07) is 9.74. The molecule has 0 unspecified atom stereocenters. The van der Waals surface area contributed by atoms with Gasteiger partial charge in [0.1, 0.15) is 0 Å². The van der Waals surface area contributed by atoms with Crippen LogP contribution in [-0.4, -0.2) is 52.5 Å². The highest BCUT2D eigenvalue weighted by molar-refractivity contribution is 5.78. The van der Waals surface area contributed by atoms with Gasteiger partial charge in [-0.05, 0) is 12.0 Å². The predicted molar refractivity (Wildman–Crippen MR) is 79.4 cm³/mol. The van der Waals surface area contributed by atoms with Gasteiger partial charge in [-0.3, -0.25) is 9.59 Å². The van der Waals surface area contributed by atoms with E-state index in [0.29, 0.717) is 39.0 Å². The van der Waals surface area contributed by atoms with Gasteiger partial charge in [-0.1, -0.05) is 30.3 Å². The first-order chi connectivity index (χ1) is 10.1. The summed E-state index contributed by atoms with van der Waals surface area (Å²) in [7, 11) is 0. The summed E-state index contributed by atoms with van der Waals surface area (Å²) in [5, 5.41) is 9.45. The van der Waals surface area contributed by atoms with Gasteiger partial charge in [0.15, 0.2) is 0 Å². The van der Waals surface area contributed by atoms with Crippen molar-refractivity contribution in [2.24, 2.45) is 0 Å². The van der Waals surface area contributed by atoms with Crippen molar-refractivity contribution in [3.05, 3.63) is 35.9 Å². The van der Waals surface area contributed by atoms with Crippen LogP contribution in [0.25, 0.3) is 0 Å². The Labute approximate surface area is 125 Å². The number of carbonyl (C=O) groups excluding carboxylic acids is 2. The Balaban J connectivity index is 1.85. The molecular weight excluding hydrogens is 268 g/mol. The monoisotopic (exact) mass is 290 g/mol. The molecule has 2 amide bonds. The number of nitrogens with zero attached hydrogens (tertiary/aromatic N) is 2. The van der Waals surface area contributed by atoms with Crippen molar-refractivity contribution in [3.63, 3.8) is 0 Å². The number of aliphatic hydroxyl groups excluding tert-OH is 1. The predicted octanol–water partition coefficient (Wildman–Crippen LogP) is 1.02. The number of hydrogen-bond donors (Lipinski definition) is 1. The van der Waals surface area contributed by atoms with Gasteiger partial charge in [0.25, 0.3) is 0 Å². The van der Waals surface area contributed by atoms with E-state index in [-0.39, 0.29) is 11.8 Å². The molecule has 2 rings (SSSR count). The van der Waals surface area contributed by atoms with Crippen LogP contribution in [0.2, 0.25) is 0 Å². The molecule has 0 bridgehead atoms. The van der Waals surface area contributed by atoms with E-state index < -0.39 is 6.10 Å². The SMILES string of the molecule is CC(=O)N(CCC(=O)N1CC[C@@H](O)C1)Cc1ccccc1. The van der Waals surface area contributed by atoms with E-state index in [0.717, 1.165) is 5.56 Å². The minimum Gasteiger partial charge on any atom is -0.391 e. The second-order valence-electron chi connectivity index (χ2n) is 5.46. The average Bonchev–Trinajstić information content (AvgIpc) is 2.90. The van der Waals surface area contributed by atoms with Gasteiger partial charge in [-0.2, -0.15) is 0 Å². The highest BCUT2D eigenvalue weighted by Crippen LogP contribution is 2.11. The molecule has 5 nitrogen and oxygen atoms in total. The van der Waals surface area contributed by atoms with Crippen LogP contribution in [0, 0.1) is 0 Å². The number of aliphatic hydroxyl groups is 1. The Kier molecular flexibility index (Phi) is 5.33. The second kappa shape index (κ2) is 7.22. The molecule has 1 aliphatic heterocycles.